The van der Waals surface area contributed by atoms with Gasteiger partial charge in [-0.3, -0.25) is 9.59 Å². The van der Waals surface area contributed by atoms with Crippen molar-refractivity contribution in [3.63, 3.8) is 0 Å². The average molecular weight is 449 g/mol. The number of nitrogens with zero attached hydrogens (tertiary/aromatic N) is 1. The minimum absolute atomic E-state index is 0.0179. The highest BCUT2D eigenvalue weighted by Crippen LogP contribution is 2.17. The SMILES string of the molecule is CC[C@H](C)NC(=O)[C@@H](C)N(Cc1cccc(Br)c1)C(=O)Cc1ccccc1F. The number of hydrogen-bond acceptors (Lipinski definition) is 2. The van der Waals surface area contributed by atoms with E-state index in [-0.39, 0.29) is 30.8 Å². The van der Waals surface area contributed by atoms with Gasteiger partial charge in [0.15, 0.2) is 0 Å². The van der Waals surface area contributed by atoms with E-state index in [2.05, 4.69) is 21.2 Å². The minimum atomic E-state index is -0.674. The van der Waals surface area contributed by atoms with Crippen LogP contribution in [0.3, 0.4) is 0 Å². The van der Waals surface area contributed by atoms with E-state index >= 15 is 0 Å². The zero-order valence-corrected chi connectivity index (χ0v) is 18.0. The molecule has 0 aromatic heterocycles. The smallest absolute Gasteiger partial charge is 0.242 e. The molecule has 0 fully saturated rings. The van der Waals surface area contributed by atoms with Gasteiger partial charge in [-0.2, -0.15) is 0 Å². The lowest BCUT2D eigenvalue weighted by Crippen LogP contribution is -2.50. The summed E-state index contributed by atoms with van der Waals surface area (Å²) in [4.78, 5) is 27.2. The Morgan fingerprint density at radius 2 is 1.86 bits per heavy atom. The molecule has 2 aromatic rings. The molecule has 0 aliphatic rings. The molecule has 0 radical (unpaired) electrons. The van der Waals surface area contributed by atoms with Gasteiger partial charge in [-0.1, -0.05) is 53.2 Å². The fraction of sp³-hybridized carbons (Fsp3) is 0.364. The van der Waals surface area contributed by atoms with E-state index in [9.17, 15) is 14.0 Å². The normalized spacial score (nSPS) is 12.9. The molecule has 0 heterocycles. The van der Waals surface area contributed by atoms with E-state index in [1.165, 1.54) is 11.0 Å². The lowest BCUT2D eigenvalue weighted by Gasteiger charge is -2.30. The summed E-state index contributed by atoms with van der Waals surface area (Å²) in [5.41, 5.74) is 1.21. The number of benzene rings is 2. The molecule has 2 rings (SSSR count). The molecule has 28 heavy (non-hydrogen) atoms. The van der Waals surface area contributed by atoms with Crippen LogP contribution in [0.1, 0.15) is 38.3 Å². The van der Waals surface area contributed by atoms with Gasteiger partial charge < -0.3 is 10.2 Å². The summed E-state index contributed by atoms with van der Waals surface area (Å²) in [6, 6.07) is 13.1. The first kappa shape index (κ1) is 22.1. The Balaban J connectivity index is 2.25. The quantitative estimate of drug-likeness (QED) is 0.647. The Kier molecular flexibility index (Phi) is 8.18. The van der Waals surface area contributed by atoms with Crippen LogP contribution in [0.4, 0.5) is 4.39 Å². The maximum absolute atomic E-state index is 14.0. The van der Waals surface area contributed by atoms with Crippen molar-refractivity contribution < 1.29 is 14.0 Å². The molecule has 2 atom stereocenters. The molecule has 2 aromatic carbocycles. The van der Waals surface area contributed by atoms with Crippen molar-refractivity contribution in [3.05, 3.63) is 69.9 Å². The lowest BCUT2D eigenvalue weighted by atomic mass is 10.1. The molecule has 150 valence electrons. The third-order valence-corrected chi connectivity index (χ3v) is 5.20. The van der Waals surface area contributed by atoms with Crippen LogP contribution in [0.2, 0.25) is 0 Å². The van der Waals surface area contributed by atoms with Gasteiger partial charge in [-0.05, 0) is 49.6 Å². The van der Waals surface area contributed by atoms with Crippen LogP contribution < -0.4 is 5.32 Å². The predicted octanol–water partition coefficient (Wildman–Crippen LogP) is 4.46. The standard InChI is InChI=1S/C22H26BrFN2O2/c1-4-15(2)25-22(28)16(3)26(14-17-8-7-10-19(23)12-17)21(27)13-18-9-5-6-11-20(18)24/h5-12,15-16H,4,13-14H2,1-3H3,(H,25,28)/t15-,16+/m0/s1. The summed E-state index contributed by atoms with van der Waals surface area (Å²) in [6.45, 7) is 5.87. The maximum Gasteiger partial charge on any atom is 0.242 e. The molecule has 4 nitrogen and oxygen atoms in total. The molecule has 0 saturated carbocycles. The maximum atomic E-state index is 14.0. The second-order valence-electron chi connectivity index (χ2n) is 6.91. The predicted molar refractivity (Wildman–Crippen MR) is 112 cm³/mol. The number of halogens is 2. The van der Waals surface area contributed by atoms with Gasteiger partial charge in [0.05, 0.1) is 6.42 Å². The molecule has 6 heteroatoms. The van der Waals surface area contributed by atoms with E-state index in [0.29, 0.717) is 5.56 Å². The molecule has 1 N–H and O–H groups in total. The van der Waals surface area contributed by atoms with Crippen molar-refractivity contribution in [1.29, 1.82) is 0 Å². The largest absolute Gasteiger partial charge is 0.352 e. The van der Waals surface area contributed by atoms with Crippen molar-refractivity contribution in [2.45, 2.75) is 52.2 Å². The Bertz CT molecular complexity index is 828. The Morgan fingerprint density at radius 1 is 1.14 bits per heavy atom. The summed E-state index contributed by atoms with van der Waals surface area (Å²) in [6.07, 6.45) is 0.703. The number of rotatable bonds is 8. The Labute approximate surface area is 174 Å². The van der Waals surface area contributed by atoms with Gasteiger partial charge in [-0.15, -0.1) is 0 Å². The monoisotopic (exact) mass is 448 g/mol. The number of carbonyl (C=O) groups is 2. The zero-order chi connectivity index (χ0) is 20.7. The van der Waals surface area contributed by atoms with E-state index in [4.69, 9.17) is 0 Å². The number of nitrogens with one attached hydrogen (secondary N) is 1. The third kappa shape index (κ3) is 6.16. The fourth-order valence-electron chi connectivity index (χ4n) is 2.79. The average Bonchev–Trinajstić information content (AvgIpc) is 2.67. The van der Waals surface area contributed by atoms with E-state index in [0.717, 1.165) is 16.5 Å². The second kappa shape index (κ2) is 10.4. The van der Waals surface area contributed by atoms with Crippen molar-refractivity contribution in [1.82, 2.24) is 10.2 Å². The van der Waals surface area contributed by atoms with E-state index in [1.54, 1.807) is 25.1 Å². The van der Waals surface area contributed by atoms with Crippen molar-refractivity contribution in [3.8, 4) is 0 Å². The van der Waals surface area contributed by atoms with Gasteiger partial charge in [0, 0.05) is 17.1 Å². The fourth-order valence-corrected chi connectivity index (χ4v) is 3.23. The van der Waals surface area contributed by atoms with Crippen molar-refractivity contribution in [2.24, 2.45) is 0 Å². The summed E-state index contributed by atoms with van der Waals surface area (Å²) in [5.74, 6) is -0.932. The van der Waals surface area contributed by atoms with Gasteiger partial charge in [0.1, 0.15) is 11.9 Å². The van der Waals surface area contributed by atoms with Crippen LogP contribution in [0.15, 0.2) is 53.0 Å². The lowest BCUT2D eigenvalue weighted by molar-refractivity contribution is -0.140. The van der Waals surface area contributed by atoms with E-state index in [1.807, 2.05) is 38.1 Å². The summed E-state index contributed by atoms with van der Waals surface area (Å²) in [7, 11) is 0. The Morgan fingerprint density at radius 3 is 2.50 bits per heavy atom. The van der Waals surface area contributed by atoms with Crippen LogP contribution in [0.25, 0.3) is 0 Å². The van der Waals surface area contributed by atoms with Crippen LogP contribution >= 0.6 is 15.9 Å². The molecule has 0 spiro atoms. The molecular formula is C22H26BrFN2O2. The molecule has 0 aliphatic carbocycles. The molecule has 0 unspecified atom stereocenters. The van der Waals surface area contributed by atoms with Gasteiger partial charge in [-0.25, -0.2) is 4.39 Å². The van der Waals surface area contributed by atoms with Gasteiger partial charge in [0.25, 0.3) is 0 Å². The number of hydrogen-bond donors (Lipinski definition) is 1. The van der Waals surface area contributed by atoms with Gasteiger partial charge in [0.2, 0.25) is 11.8 Å². The van der Waals surface area contributed by atoms with Gasteiger partial charge >= 0.3 is 0 Å². The number of carbonyl (C=O) groups excluding carboxylic acids is 2. The summed E-state index contributed by atoms with van der Waals surface area (Å²) in [5, 5.41) is 2.92. The highest BCUT2D eigenvalue weighted by Gasteiger charge is 2.27. The molecule has 0 aliphatic heterocycles. The van der Waals surface area contributed by atoms with Crippen LogP contribution in [0, 0.1) is 5.82 Å². The first-order chi connectivity index (χ1) is 13.3. The Hall–Kier alpha value is -2.21. The summed E-state index contributed by atoms with van der Waals surface area (Å²) < 4.78 is 14.9. The van der Waals surface area contributed by atoms with Crippen molar-refractivity contribution in [2.75, 3.05) is 0 Å². The van der Waals surface area contributed by atoms with Crippen LogP contribution in [0.5, 0.6) is 0 Å². The molecule has 0 saturated heterocycles. The highest BCUT2D eigenvalue weighted by atomic mass is 79.9. The highest BCUT2D eigenvalue weighted by molar-refractivity contribution is 9.10. The second-order valence-corrected chi connectivity index (χ2v) is 7.83. The first-order valence-electron chi connectivity index (χ1n) is 9.39. The summed E-state index contributed by atoms with van der Waals surface area (Å²) >= 11 is 3.43. The third-order valence-electron chi connectivity index (χ3n) is 4.71. The topological polar surface area (TPSA) is 49.4 Å². The van der Waals surface area contributed by atoms with E-state index < -0.39 is 11.9 Å². The first-order valence-corrected chi connectivity index (χ1v) is 10.2. The van der Waals surface area contributed by atoms with Crippen molar-refractivity contribution >= 4 is 27.7 Å². The van der Waals surface area contributed by atoms with Crippen LogP contribution in [-0.2, 0) is 22.6 Å². The minimum Gasteiger partial charge on any atom is -0.352 e. The number of amides is 2. The molecular weight excluding hydrogens is 423 g/mol. The zero-order valence-electron chi connectivity index (χ0n) is 16.4. The van der Waals surface area contributed by atoms with Crippen LogP contribution in [-0.4, -0.2) is 28.8 Å². The molecule has 2 amide bonds. The molecule has 0 bridgehead atoms.